The molecular weight excluding hydrogens is 307 g/mol. The van der Waals surface area contributed by atoms with Gasteiger partial charge in [0.1, 0.15) is 5.69 Å². The zero-order valence-electron chi connectivity index (χ0n) is 9.75. The third-order valence-corrected chi connectivity index (χ3v) is 4.40. The number of rotatable bonds is 2. The first-order chi connectivity index (χ1) is 9.13. The normalized spacial score (nSPS) is 19.1. The first-order valence-electron chi connectivity index (χ1n) is 5.71. The predicted molar refractivity (Wildman–Crippen MR) is 76.0 cm³/mol. The van der Waals surface area contributed by atoms with Gasteiger partial charge >= 0.3 is 0 Å². The summed E-state index contributed by atoms with van der Waals surface area (Å²) in [5.41, 5.74) is 0.588. The molecule has 2 aromatic heterocycles. The van der Waals surface area contributed by atoms with Crippen LogP contribution in [0.5, 0.6) is 0 Å². The third kappa shape index (κ3) is 2.67. The van der Waals surface area contributed by atoms with Gasteiger partial charge in [-0.3, -0.25) is 0 Å². The fourth-order valence-electron chi connectivity index (χ4n) is 1.95. The van der Waals surface area contributed by atoms with Crippen LogP contribution in [0.25, 0.3) is 10.6 Å². The Labute approximate surface area is 123 Å². The van der Waals surface area contributed by atoms with Crippen molar-refractivity contribution in [2.75, 3.05) is 18.0 Å². The number of β-amino-alcohol motifs (C(OH)–C–C–N with tert-alkyl or cyclic N) is 1. The van der Waals surface area contributed by atoms with E-state index in [1.165, 1.54) is 17.5 Å². The number of halogens is 2. The molecule has 100 valence electrons. The van der Waals surface area contributed by atoms with Crippen LogP contribution in [0.4, 0.5) is 5.13 Å². The highest BCUT2D eigenvalue weighted by Gasteiger charge is 2.23. The molecule has 19 heavy (non-hydrogen) atoms. The molecule has 1 saturated heterocycles. The van der Waals surface area contributed by atoms with Gasteiger partial charge in [0.2, 0.25) is 5.28 Å². The van der Waals surface area contributed by atoms with Gasteiger partial charge in [-0.1, -0.05) is 22.9 Å². The number of hydrogen-bond donors (Lipinski definition) is 1. The summed E-state index contributed by atoms with van der Waals surface area (Å²) in [5.74, 6) is 0. The highest BCUT2D eigenvalue weighted by atomic mass is 35.5. The lowest BCUT2D eigenvalue weighted by Crippen LogP contribution is -2.20. The fraction of sp³-hybridized carbons (Fsp3) is 0.364. The number of hydrogen-bond acceptors (Lipinski definition) is 6. The van der Waals surface area contributed by atoms with Gasteiger partial charge < -0.3 is 10.0 Å². The average Bonchev–Trinajstić information content (AvgIpc) is 3.00. The van der Waals surface area contributed by atoms with Crippen LogP contribution in [-0.4, -0.2) is 39.3 Å². The number of aromatic nitrogens is 3. The van der Waals surface area contributed by atoms with Crippen LogP contribution in [0.2, 0.25) is 10.3 Å². The van der Waals surface area contributed by atoms with Crippen molar-refractivity contribution in [3.63, 3.8) is 0 Å². The first-order valence-corrected chi connectivity index (χ1v) is 7.28. The molecule has 0 bridgehead atoms. The van der Waals surface area contributed by atoms with Crippen molar-refractivity contribution in [2.24, 2.45) is 0 Å². The fourth-order valence-corrected chi connectivity index (χ4v) is 3.29. The van der Waals surface area contributed by atoms with Gasteiger partial charge in [-0.2, -0.15) is 0 Å². The summed E-state index contributed by atoms with van der Waals surface area (Å²) in [5, 5.41) is 11.0. The molecule has 5 nitrogen and oxygen atoms in total. The summed E-state index contributed by atoms with van der Waals surface area (Å²) in [4.78, 5) is 15.2. The van der Waals surface area contributed by atoms with Crippen molar-refractivity contribution >= 4 is 39.7 Å². The lowest BCUT2D eigenvalue weighted by Gasteiger charge is -2.12. The number of anilines is 1. The smallest absolute Gasteiger partial charge is 0.223 e. The first kappa shape index (κ1) is 13.1. The molecule has 3 heterocycles. The lowest BCUT2D eigenvalue weighted by molar-refractivity contribution is 0.198. The average molecular weight is 317 g/mol. The number of nitrogens with zero attached hydrogens (tertiary/aromatic N) is 4. The third-order valence-electron chi connectivity index (χ3n) is 2.88. The van der Waals surface area contributed by atoms with Crippen LogP contribution < -0.4 is 4.90 Å². The molecule has 0 aliphatic carbocycles. The minimum absolute atomic E-state index is 0.158. The van der Waals surface area contributed by atoms with Crippen LogP contribution in [0, 0.1) is 0 Å². The predicted octanol–water partition coefficient (Wildman–Crippen LogP) is 2.48. The molecular formula is C11H10Cl2N4OS. The summed E-state index contributed by atoms with van der Waals surface area (Å²) in [6.07, 6.45) is 3.69. The van der Waals surface area contributed by atoms with E-state index in [4.69, 9.17) is 23.2 Å². The second-order valence-corrected chi connectivity index (χ2v) is 5.99. The van der Waals surface area contributed by atoms with Gasteiger partial charge in [-0.05, 0) is 18.0 Å². The summed E-state index contributed by atoms with van der Waals surface area (Å²) >= 11 is 13.3. The van der Waals surface area contributed by atoms with Gasteiger partial charge in [0.05, 0.1) is 22.2 Å². The molecule has 1 atom stereocenters. The van der Waals surface area contributed by atoms with Crippen LogP contribution in [0.1, 0.15) is 6.42 Å². The van der Waals surface area contributed by atoms with Crippen LogP contribution in [0.15, 0.2) is 12.4 Å². The minimum atomic E-state index is -0.274. The maximum Gasteiger partial charge on any atom is 0.223 e. The van der Waals surface area contributed by atoms with Crippen molar-refractivity contribution < 1.29 is 5.11 Å². The molecule has 8 heteroatoms. The summed E-state index contributed by atoms with van der Waals surface area (Å²) < 4.78 is 0. The van der Waals surface area contributed by atoms with Gasteiger partial charge in [0, 0.05) is 19.3 Å². The Hall–Kier alpha value is -0.950. The van der Waals surface area contributed by atoms with E-state index in [0.29, 0.717) is 17.3 Å². The molecule has 0 saturated carbocycles. The van der Waals surface area contributed by atoms with E-state index in [1.54, 1.807) is 6.20 Å². The van der Waals surface area contributed by atoms with Crippen LogP contribution in [0.3, 0.4) is 0 Å². The number of thiazole rings is 1. The van der Waals surface area contributed by atoms with E-state index in [0.717, 1.165) is 23.0 Å². The second kappa shape index (κ2) is 5.20. The summed E-state index contributed by atoms with van der Waals surface area (Å²) in [6.45, 7) is 1.43. The Balaban J connectivity index is 1.90. The van der Waals surface area contributed by atoms with E-state index in [9.17, 15) is 5.11 Å². The molecule has 0 amide bonds. The molecule has 3 rings (SSSR count). The van der Waals surface area contributed by atoms with Gasteiger partial charge in [-0.15, -0.1) is 0 Å². The molecule has 1 aliphatic rings. The maximum atomic E-state index is 9.54. The molecule has 1 aliphatic heterocycles. The molecule has 1 fully saturated rings. The van der Waals surface area contributed by atoms with Crippen molar-refractivity contribution in [3.8, 4) is 10.6 Å². The van der Waals surface area contributed by atoms with Gasteiger partial charge in [0.15, 0.2) is 5.13 Å². The standard InChI is InChI=1S/C11H10Cl2N4OS/c12-7-3-14-10(13)16-9(7)8-4-15-11(19-8)17-2-1-6(18)5-17/h3-4,6,18H,1-2,5H2/t6-/m0/s1. The van der Waals surface area contributed by atoms with Crippen LogP contribution >= 0.6 is 34.5 Å². The second-order valence-electron chi connectivity index (χ2n) is 4.23. The minimum Gasteiger partial charge on any atom is -0.391 e. The Kier molecular flexibility index (Phi) is 3.58. The van der Waals surface area contributed by atoms with E-state index >= 15 is 0 Å². The molecule has 0 radical (unpaired) electrons. The molecule has 1 N–H and O–H groups in total. The van der Waals surface area contributed by atoms with E-state index in [-0.39, 0.29) is 11.4 Å². The molecule has 2 aromatic rings. The quantitative estimate of drug-likeness (QED) is 0.862. The topological polar surface area (TPSA) is 62.1 Å². The highest BCUT2D eigenvalue weighted by molar-refractivity contribution is 7.18. The SMILES string of the molecule is O[C@H]1CCN(c2ncc(-c3nc(Cl)ncc3Cl)s2)C1. The van der Waals surface area contributed by atoms with Crippen molar-refractivity contribution in [2.45, 2.75) is 12.5 Å². The Morgan fingerprint density at radius 2 is 2.16 bits per heavy atom. The number of aliphatic hydroxyl groups is 1. The summed E-state index contributed by atoms with van der Waals surface area (Å²) in [7, 11) is 0. The summed E-state index contributed by atoms with van der Waals surface area (Å²) in [6, 6.07) is 0. The monoisotopic (exact) mass is 316 g/mol. The molecule has 0 spiro atoms. The van der Waals surface area contributed by atoms with Crippen LogP contribution in [-0.2, 0) is 0 Å². The maximum absolute atomic E-state index is 9.54. The Morgan fingerprint density at radius 3 is 2.89 bits per heavy atom. The van der Waals surface area contributed by atoms with E-state index in [2.05, 4.69) is 19.9 Å². The van der Waals surface area contributed by atoms with E-state index < -0.39 is 0 Å². The zero-order valence-corrected chi connectivity index (χ0v) is 12.1. The molecule has 0 unspecified atom stereocenters. The van der Waals surface area contributed by atoms with Gasteiger partial charge in [-0.25, -0.2) is 15.0 Å². The Morgan fingerprint density at radius 1 is 1.32 bits per heavy atom. The van der Waals surface area contributed by atoms with Crippen molar-refractivity contribution in [1.82, 2.24) is 15.0 Å². The van der Waals surface area contributed by atoms with Gasteiger partial charge in [0.25, 0.3) is 0 Å². The molecule has 0 aromatic carbocycles. The highest BCUT2D eigenvalue weighted by Crippen LogP contribution is 2.35. The lowest BCUT2D eigenvalue weighted by atomic mass is 10.3. The number of aliphatic hydroxyl groups excluding tert-OH is 1. The zero-order chi connectivity index (χ0) is 13.4. The van der Waals surface area contributed by atoms with Crippen molar-refractivity contribution in [3.05, 3.63) is 22.7 Å². The van der Waals surface area contributed by atoms with E-state index in [1.807, 2.05) is 0 Å². The largest absolute Gasteiger partial charge is 0.391 e. The Bertz CT molecular complexity index is 606. The van der Waals surface area contributed by atoms with Crippen molar-refractivity contribution in [1.29, 1.82) is 0 Å².